The summed E-state index contributed by atoms with van der Waals surface area (Å²) >= 11 is 6.17. The highest BCUT2D eigenvalue weighted by molar-refractivity contribution is 14.1. The standard InChI is InChI=1S/C10H8I3NO5S/c1-20(17,18)14-8(15)4-9(16)19-10-6(12)2-5(11)3-7(10)13/h2-3H,4H2,1H3,(H,14,15). The Morgan fingerprint density at radius 1 is 1.20 bits per heavy atom. The number of ether oxygens (including phenoxy) is 1. The highest BCUT2D eigenvalue weighted by Gasteiger charge is 2.18. The number of rotatable bonds is 4. The van der Waals surface area contributed by atoms with Crippen LogP contribution < -0.4 is 9.46 Å². The summed E-state index contributed by atoms with van der Waals surface area (Å²) in [4.78, 5) is 22.9. The number of benzene rings is 1. The first-order valence-electron chi connectivity index (χ1n) is 4.94. The second kappa shape index (κ2) is 7.53. The Labute approximate surface area is 156 Å². The molecule has 6 nitrogen and oxygen atoms in total. The molecule has 1 amide bonds. The number of nitrogens with one attached hydrogen (secondary N) is 1. The van der Waals surface area contributed by atoms with Crippen molar-refractivity contribution in [2.75, 3.05) is 6.26 Å². The van der Waals surface area contributed by atoms with Crippen LogP contribution in [-0.4, -0.2) is 26.6 Å². The third-order valence-corrected chi connectivity index (χ3v) is 4.61. The lowest BCUT2D eigenvalue weighted by molar-refractivity contribution is -0.138. The Bertz CT molecular complexity index is 636. The van der Waals surface area contributed by atoms with Gasteiger partial charge in [0.1, 0.15) is 6.42 Å². The first kappa shape index (κ1) is 18.3. The van der Waals surface area contributed by atoms with Gasteiger partial charge in [-0.15, -0.1) is 0 Å². The number of sulfonamides is 1. The van der Waals surface area contributed by atoms with E-state index < -0.39 is 28.3 Å². The Balaban J connectivity index is 2.75. The van der Waals surface area contributed by atoms with Crippen molar-refractivity contribution in [3.8, 4) is 5.75 Å². The molecule has 0 atom stereocenters. The van der Waals surface area contributed by atoms with Gasteiger partial charge in [0.25, 0.3) is 0 Å². The predicted octanol–water partition coefficient (Wildman–Crippen LogP) is 1.87. The van der Waals surface area contributed by atoms with Crippen LogP contribution in [0.5, 0.6) is 5.75 Å². The third-order valence-electron chi connectivity index (χ3n) is 1.78. The van der Waals surface area contributed by atoms with Gasteiger partial charge in [-0.2, -0.15) is 0 Å². The second-order valence-corrected chi connectivity index (χ2v) is 8.97. The van der Waals surface area contributed by atoms with Crippen molar-refractivity contribution in [3.05, 3.63) is 22.8 Å². The molecular formula is C10H8I3NO5S. The maximum atomic E-state index is 11.6. The van der Waals surface area contributed by atoms with Gasteiger partial charge in [0.15, 0.2) is 5.75 Å². The summed E-state index contributed by atoms with van der Waals surface area (Å²) in [6.07, 6.45) is 0.173. The normalized spacial score (nSPS) is 11.0. The Kier molecular flexibility index (Phi) is 6.91. The molecule has 0 saturated carbocycles. The Morgan fingerprint density at radius 3 is 2.15 bits per heavy atom. The minimum atomic E-state index is -3.68. The zero-order chi connectivity index (χ0) is 15.5. The van der Waals surface area contributed by atoms with Gasteiger partial charge in [0, 0.05) is 3.57 Å². The predicted molar refractivity (Wildman–Crippen MR) is 97.8 cm³/mol. The molecule has 110 valence electrons. The summed E-state index contributed by atoms with van der Waals surface area (Å²) in [6.45, 7) is 0. The smallest absolute Gasteiger partial charge is 0.320 e. The summed E-state index contributed by atoms with van der Waals surface area (Å²) in [7, 11) is -3.68. The van der Waals surface area contributed by atoms with Crippen molar-refractivity contribution >= 4 is 89.7 Å². The zero-order valence-electron chi connectivity index (χ0n) is 9.95. The van der Waals surface area contributed by atoms with Crippen LogP contribution in [0.15, 0.2) is 12.1 Å². The lowest BCUT2D eigenvalue weighted by Gasteiger charge is -2.09. The van der Waals surface area contributed by atoms with E-state index in [2.05, 4.69) is 22.6 Å². The SMILES string of the molecule is CS(=O)(=O)NC(=O)CC(=O)Oc1c(I)cc(I)cc1I. The Morgan fingerprint density at radius 2 is 1.70 bits per heavy atom. The monoisotopic (exact) mass is 635 g/mol. The molecule has 1 aromatic rings. The summed E-state index contributed by atoms with van der Waals surface area (Å²) in [5, 5.41) is 0. The van der Waals surface area contributed by atoms with Crippen molar-refractivity contribution in [2.24, 2.45) is 0 Å². The number of carbonyl (C=O) groups excluding carboxylic acids is 2. The molecule has 20 heavy (non-hydrogen) atoms. The molecule has 1 aromatic carbocycles. The topological polar surface area (TPSA) is 89.5 Å². The van der Waals surface area contributed by atoms with E-state index in [1.807, 2.05) is 57.3 Å². The van der Waals surface area contributed by atoms with E-state index in [1.165, 1.54) is 0 Å². The summed E-state index contributed by atoms with van der Waals surface area (Å²) in [6, 6.07) is 3.64. The van der Waals surface area contributed by atoms with E-state index in [4.69, 9.17) is 4.74 Å². The number of carbonyl (C=O) groups is 2. The van der Waals surface area contributed by atoms with Crippen LogP contribution in [-0.2, 0) is 19.6 Å². The molecule has 0 bridgehead atoms. The maximum absolute atomic E-state index is 11.6. The van der Waals surface area contributed by atoms with Crippen LogP contribution in [0.25, 0.3) is 0 Å². The van der Waals surface area contributed by atoms with Gasteiger partial charge in [0.2, 0.25) is 15.9 Å². The van der Waals surface area contributed by atoms with E-state index in [-0.39, 0.29) is 0 Å². The summed E-state index contributed by atoms with van der Waals surface area (Å²) in [5.74, 6) is -1.38. The molecule has 0 saturated heterocycles. The number of halogens is 3. The van der Waals surface area contributed by atoms with E-state index in [1.54, 1.807) is 4.72 Å². The number of hydrogen-bond acceptors (Lipinski definition) is 5. The van der Waals surface area contributed by atoms with Gasteiger partial charge in [0.05, 0.1) is 13.4 Å². The highest BCUT2D eigenvalue weighted by Crippen LogP contribution is 2.29. The van der Waals surface area contributed by atoms with E-state index in [0.29, 0.717) is 5.75 Å². The molecule has 0 heterocycles. The van der Waals surface area contributed by atoms with Crippen molar-refractivity contribution in [2.45, 2.75) is 6.42 Å². The van der Waals surface area contributed by atoms with Gasteiger partial charge in [-0.05, 0) is 79.9 Å². The molecule has 0 radical (unpaired) electrons. The van der Waals surface area contributed by atoms with Gasteiger partial charge in [-0.1, -0.05) is 0 Å². The number of esters is 1. The number of amides is 1. The molecular weight excluding hydrogens is 627 g/mol. The fourth-order valence-electron chi connectivity index (χ4n) is 1.15. The lowest BCUT2D eigenvalue weighted by atomic mass is 10.3. The van der Waals surface area contributed by atoms with Crippen LogP contribution >= 0.6 is 67.8 Å². The molecule has 1 rings (SSSR count). The van der Waals surface area contributed by atoms with Crippen LogP contribution in [0, 0.1) is 10.7 Å². The number of hydrogen-bond donors (Lipinski definition) is 1. The fraction of sp³-hybridized carbons (Fsp3) is 0.200. The quantitative estimate of drug-likeness (QED) is 0.237. The Hall–Kier alpha value is 0.300. The third kappa shape index (κ3) is 6.38. The minimum absolute atomic E-state index is 0.365. The molecule has 0 aliphatic rings. The van der Waals surface area contributed by atoms with Crippen molar-refractivity contribution in [1.29, 1.82) is 0 Å². The molecule has 1 N–H and O–H groups in total. The van der Waals surface area contributed by atoms with Crippen molar-refractivity contribution in [3.63, 3.8) is 0 Å². The summed E-state index contributed by atoms with van der Waals surface area (Å²) < 4.78 is 30.9. The van der Waals surface area contributed by atoms with Crippen molar-refractivity contribution < 1.29 is 22.7 Å². The largest absolute Gasteiger partial charge is 0.424 e. The van der Waals surface area contributed by atoms with Gasteiger partial charge < -0.3 is 4.74 Å². The summed E-state index contributed by atoms with van der Waals surface area (Å²) in [5.41, 5.74) is 0. The molecule has 0 aromatic heterocycles. The van der Waals surface area contributed by atoms with Gasteiger partial charge in [-0.3, -0.25) is 14.3 Å². The van der Waals surface area contributed by atoms with Crippen molar-refractivity contribution in [1.82, 2.24) is 4.72 Å². The second-order valence-electron chi connectivity index (χ2n) is 3.65. The van der Waals surface area contributed by atoms with E-state index in [0.717, 1.165) is 17.0 Å². The molecule has 0 aliphatic heterocycles. The average Bonchev–Trinajstić information content (AvgIpc) is 2.20. The molecule has 0 unspecified atom stereocenters. The highest BCUT2D eigenvalue weighted by atomic mass is 127. The first-order chi connectivity index (χ1) is 9.08. The van der Waals surface area contributed by atoms with E-state index >= 15 is 0 Å². The van der Waals surface area contributed by atoms with Crippen LogP contribution in [0.4, 0.5) is 0 Å². The van der Waals surface area contributed by atoms with Gasteiger partial charge >= 0.3 is 5.97 Å². The fourth-order valence-corrected chi connectivity index (χ4v) is 5.44. The molecule has 0 spiro atoms. The first-order valence-corrected chi connectivity index (χ1v) is 10.1. The van der Waals surface area contributed by atoms with Crippen LogP contribution in [0.3, 0.4) is 0 Å². The van der Waals surface area contributed by atoms with E-state index in [9.17, 15) is 18.0 Å². The molecule has 10 heteroatoms. The minimum Gasteiger partial charge on any atom is -0.424 e. The van der Waals surface area contributed by atoms with Crippen LogP contribution in [0.1, 0.15) is 6.42 Å². The maximum Gasteiger partial charge on any atom is 0.320 e. The van der Waals surface area contributed by atoms with Crippen LogP contribution in [0.2, 0.25) is 0 Å². The van der Waals surface area contributed by atoms with Gasteiger partial charge in [-0.25, -0.2) is 8.42 Å². The zero-order valence-corrected chi connectivity index (χ0v) is 17.2. The molecule has 0 aliphatic carbocycles. The average molecular weight is 635 g/mol. The molecule has 0 fully saturated rings. The lowest BCUT2D eigenvalue weighted by Crippen LogP contribution is -2.32.